The van der Waals surface area contributed by atoms with Crippen LogP contribution in [-0.2, 0) is 4.74 Å². The molecule has 2 unspecified atom stereocenters. The Labute approximate surface area is 106 Å². The van der Waals surface area contributed by atoms with Crippen molar-refractivity contribution in [2.24, 2.45) is 5.92 Å². The Morgan fingerprint density at radius 3 is 2.61 bits per heavy atom. The van der Waals surface area contributed by atoms with E-state index in [1.54, 1.807) is 0 Å². The average Bonchev–Trinajstić information content (AvgIpc) is 2.47. The predicted octanol–water partition coefficient (Wildman–Crippen LogP) is 1.61. The van der Waals surface area contributed by atoms with Gasteiger partial charge in [0.15, 0.2) is 17.6 Å². The molecule has 1 fully saturated rings. The van der Waals surface area contributed by atoms with Crippen LogP contribution in [0.2, 0.25) is 0 Å². The monoisotopic (exact) mass is 250 g/mol. The zero-order valence-corrected chi connectivity index (χ0v) is 10.2. The van der Waals surface area contributed by atoms with E-state index in [1.807, 2.05) is 24.3 Å². The number of hydrogen-bond acceptors (Lipinski definition) is 4. The average molecular weight is 250 g/mol. The van der Waals surface area contributed by atoms with Crippen LogP contribution in [0.15, 0.2) is 24.3 Å². The van der Waals surface area contributed by atoms with Crippen molar-refractivity contribution in [3.63, 3.8) is 0 Å². The van der Waals surface area contributed by atoms with Crippen LogP contribution in [0.1, 0.15) is 12.8 Å². The second kappa shape index (κ2) is 5.16. The highest BCUT2D eigenvalue weighted by Crippen LogP contribution is 2.33. The van der Waals surface area contributed by atoms with Crippen molar-refractivity contribution in [1.29, 1.82) is 0 Å². The number of aliphatic hydroxyl groups is 1. The fraction of sp³-hybridized carbons (Fsp3) is 0.571. The van der Waals surface area contributed by atoms with Gasteiger partial charge in [0.2, 0.25) is 0 Å². The van der Waals surface area contributed by atoms with Gasteiger partial charge in [0, 0.05) is 13.2 Å². The van der Waals surface area contributed by atoms with Crippen molar-refractivity contribution in [2.75, 3.05) is 19.8 Å². The molecule has 3 rings (SSSR count). The number of benzene rings is 1. The third-order valence-corrected chi connectivity index (χ3v) is 3.66. The van der Waals surface area contributed by atoms with Crippen molar-refractivity contribution in [3.8, 4) is 11.5 Å². The number of ether oxygens (including phenoxy) is 3. The molecule has 2 aliphatic heterocycles. The Balaban J connectivity index is 1.67. The summed E-state index contributed by atoms with van der Waals surface area (Å²) in [5.74, 6) is 1.73. The van der Waals surface area contributed by atoms with Gasteiger partial charge in [-0.3, -0.25) is 0 Å². The van der Waals surface area contributed by atoms with E-state index in [0.717, 1.165) is 37.6 Å². The fourth-order valence-electron chi connectivity index (χ4n) is 2.56. The quantitative estimate of drug-likeness (QED) is 0.866. The van der Waals surface area contributed by atoms with E-state index in [1.165, 1.54) is 0 Å². The largest absolute Gasteiger partial charge is 0.486 e. The third-order valence-electron chi connectivity index (χ3n) is 3.66. The Morgan fingerprint density at radius 2 is 1.83 bits per heavy atom. The standard InChI is InChI=1S/C14H18O4/c15-14(10-5-7-16-8-6-10)13-9-17-11-3-1-2-4-12(11)18-13/h1-4,10,13-15H,5-9H2. The van der Waals surface area contributed by atoms with E-state index >= 15 is 0 Å². The van der Waals surface area contributed by atoms with Gasteiger partial charge in [0.1, 0.15) is 6.61 Å². The molecule has 98 valence electrons. The first-order valence-electron chi connectivity index (χ1n) is 6.49. The normalized spacial score (nSPS) is 25.7. The molecule has 2 atom stereocenters. The lowest BCUT2D eigenvalue weighted by Crippen LogP contribution is -2.45. The summed E-state index contributed by atoms with van der Waals surface area (Å²) in [4.78, 5) is 0. The summed E-state index contributed by atoms with van der Waals surface area (Å²) in [5.41, 5.74) is 0. The van der Waals surface area contributed by atoms with Gasteiger partial charge >= 0.3 is 0 Å². The van der Waals surface area contributed by atoms with Gasteiger partial charge in [-0.2, -0.15) is 0 Å². The summed E-state index contributed by atoms with van der Waals surface area (Å²) in [6.45, 7) is 1.87. The van der Waals surface area contributed by atoms with Gasteiger partial charge in [-0.05, 0) is 30.9 Å². The second-order valence-electron chi connectivity index (χ2n) is 4.85. The smallest absolute Gasteiger partial charge is 0.161 e. The fourth-order valence-corrected chi connectivity index (χ4v) is 2.56. The second-order valence-corrected chi connectivity index (χ2v) is 4.85. The number of aliphatic hydroxyl groups excluding tert-OH is 1. The van der Waals surface area contributed by atoms with Crippen LogP contribution < -0.4 is 9.47 Å². The summed E-state index contributed by atoms with van der Waals surface area (Å²) in [5, 5.41) is 10.4. The van der Waals surface area contributed by atoms with Crippen LogP contribution in [0.3, 0.4) is 0 Å². The highest BCUT2D eigenvalue weighted by Gasteiger charge is 2.33. The maximum absolute atomic E-state index is 10.4. The molecule has 0 aromatic heterocycles. The molecule has 4 heteroatoms. The van der Waals surface area contributed by atoms with E-state index in [2.05, 4.69) is 0 Å². The first kappa shape index (κ1) is 11.8. The van der Waals surface area contributed by atoms with Crippen molar-refractivity contribution < 1.29 is 19.3 Å². The van der Waals surface area contributed by atoms with Gasteiger partial charge in [-0.15, -0.1) is 0 Å². The van der Waals surface area contributed by atoms with Crippen molar-refractivity contribution in [1.82, 2.24) is 0 Å². The molecule has 2 heterocycles. The van der Waals surface area contributed by atoms with Gasteiger partial charge in [-0.1, -0.05) is 12.1 Å². The van der Waals surface area contributed by atoms with E-state index in [0.29, 0.717) is 6.61 Å². The summed E-state index contributed by atoms with van der Waals surface area (Å²) >= 11 is 0. The van der Waals surface area contributed by atoms with Crippen LogP contribution in [0.25, 0.3) is 0 Å². The highest BCUT2D eigenvalue weighted by atomic mass is 16.6. The maximum Gasteiger partial charge on any atom is 0.161 e. The van der Waals surface area contributed by atoms with E-state index < -0.39 is 6.10 Å². The van der Waals surface area contributed by atoms with Crippen LogP contribution in [0.4, 0.5) is 0 Å². The summed E-state index contributed by atoms with van der Waals surface area (Å²) in [6.07, 6.45) is 1.02. The van der Waals surface area contributed by atoms with Crippen LogP contribution in [0.5, 0.6) is 11.5 Å². The van der Waals surface area contributed by atoms with E-state index in [4.69, 9.17) is 14.2 Å². The summed E-state index contributed by atoms with van der Waals surface area (Å²) < 4.78 is 16.8. The topological polar surface area (TPSA) is 47.9 Å². The zero-order valence-electron chi connectivity index (χ0n) is 10.2. The lowest BCUT2D eigenvalue weighted by Gasteiger charge is -2.34. The number of para-hydroxylation sites is 2. The lowest BCUT2D eigenvalue weighted by atomic mass is 9.90. The minimum Gasteiger partial charge on any atom is -0.486 e. The molecule has 1 saturated heterocycles. The Morgan fingerprint density at radius 1 is 1.11 bits per heavy atom. The molecule has 2 aliphatic rings. The first-order valence-corrected chi connectivity index (χ1v) is 6.49. The molecule has 4 nitrogen and oxygen atoms in total. The van der Waals surface area contributed by atoms with E-state index in [9.17, 15) is 5.11 Å². The molecule has 0 saturated carbocycles. The zero-order chi connectivity index (χ0) is 12.4. The SMILES string of the molecule is OC(C1CCOCC1)C1COc2ccccc2O1. The molecule has 0 aliphatic carbocycles. The Bertz CT molecular complexity index is 401. The molecular weight excluding hydrogens is 232 g/mol. The van der Waals surface area contributed by atoms with Crippen LogP contribution in [0, 0.1) is 5.92 Å². The molecule has 0 spiro atoms. The van der Waals surface area contributed by atoms with Crippen LogP contribution >= 0.6 is 0 Å². The maximum atomic E-state index is 10.4. The van der Waals surface area contributed by atoms with Gasteiger partial charge in [-0.25, -0.2) is 0 Å². The molecule has 1 aromatic carbocycles. The van der Waals surface area contributed by atoms with E-state index in [-0.39, 0.29) is 12.0 Å². The number of hydrogen-bond donors (Lipinski definition) is 1. The molecule has 1 N–H and O–H groups in total. The minimum absolute atomic E-state index is 0.248. The molecule has 18 heavy (non-hydrogen) atoms. The first-order chi connectivity index (χ1) is 8.84. The Hall–Kier alpha value is -1.26. The molecular formula is C14H18O4. The molecule has 0 radical (unpaired) electrons. The van der Waals surface area contributed by atoms with Gasteiger partial charge < -0.3 is 19.3 Å². The lowest BCUT2D eigenvalue weighted by molar-refractivity contribution is -0.0655. The molecule has 0 bridgehead atoms. The van der Waals surface area contributed by atoms with Crippen molar-refractivity contribution in [3.05, 3.63) is 24.3 Å². The highest BCUT2D eigenvalue weighted by molar-refractivity contribution is 5.40. The van der Waals surface area contributed by atoms with Gasteiger partial charge in [0.05, 0.1) is 6.10 Å². The third kappa shape index (κ3) is 2.31. The number of rotatable bonds is 2. The van der Waals surface area contributed by atoms with Gasteiger partial charge in [0.25, 0.3) is 0 Å². The molecule has 0 amide bonds. The predicted molar refractivity (Wildman–Crippen MR) is 65.9 cm³/mol. The minimum atomic E-state index is -0.484. The molecule has 1 aromatic rings. The van der Waals surface area contributed by atoms with Crippen molar-refractivity contribution in [2.45, 2.75) is 25.0 Å². The Kier molecular flexibility index (Phi) is 3.39. The summed E-state index contributed by atoms with van der Waals surface area (Å²) in [7, 11) is 0. The summed E-state index contributed by atoms with van der Waals surface area (Å²) in [6, 6.07) is 7.58. The van der Waals surface area contributed by atoms with Crippen LogP contribution in [-0.4, -0.2) is 37.1 Å². The number of fused-ring (bicyclic) bond motifs is 1. The van der Waals surface area contributed by atoms with Crippen molar-refractivity contribution >= 4 is 0 Å².